The van der Waals surface area contributed by atoms with Crippen molar-refractivity contribution in [2.75, 3.05) is 18.4 Å². The lowest BCUT2D eigenvalue weighted by atomic mass is 9.96. The van der Waals surface area contributed by atoms with Crippen LogP contribution in [0.15, 0.2) is 51.8 Å². The Balaban J connectivity index is 1.52. The first-order chi connectivity index (χ1) is 13.3. The highest BCUT2D eigenvalue weighted by Gasteiger charge is 2.35. The molecule has 1 N–H and O–H groups in total. The second-order valence-corrected chi connectivity index (χ2v) is 9.10. The zero-order chi connectivity index (χ0) is 19.9. The average Bonchev–Trinajstić information content (AvgIpc) is 2.96. The lowest BCUT2D eigenvalue weighted by Crippen LogP contribution is -2.43. The van der Waals surface area contributed by atoms with Gasteiger partial charge in [-0.1, -0.05) is 29.8 Å². The number of piperidine rings is 1. The van der Waals surface area contributed by atoms with Crippen LogP contribution in [-0.4, -0.2) is 38.2 Å². The molecular weight excluding hydrogens is 398 g/mol. The van der Waals surface area contributed by atoms with Crippen LogP contribution in [0.4, 0.5) is 5.69 Å². The molecule has 1 unspecified atom stereocenters. The van der Waals surface area contributed by atoms with Gasteiger partial charge in [0.05, 0.1) is 5.92 Å². The number of fused-ring (bicyclic) bond motifs is 1. The zero-order valence-corrected chi connectivity index (χ0v) is 16.9. The number of rotatable bonds is 2. The second-order valence-electron chi connectivity index (χ2n) is 7.12. The van der Waals surface area contributed by atoms with Crippen molar-refractivity contribution in [1.29, 1.82) is 0 Å². The highest BCUT2D eigenvalue weighted by atomic mass is 35.5. The lowest BCUT2D eigenvalue weighted by Gasteiger charge is -2.33. The summed E-state index contributed by atoms with van der Waals surface area (Å²) in [5.74, 6) is 0.0813. The maximum absolute atomic E-state index is 12.8. The van der Waals surface area contributed by atoms with E-state index < -0.39 is 10.0 Å². The maximum Gasteiger partial charge on any atom is 0.285 e. The summed E-state index contributed by atoms with van der Waals surface area (Å²) in [6.07, 6.45) is 1.53. The quantitative estimate of drug-likeness (QED) is 0.811. The van der Waals surface area contributed by atoms with Gasteiger partial charge in [-0.2, -0.15) is 8.42 Å². The van der Waals surface area contributed by atoms with E-state index in [1.807, 2.05) is 24.0 Å². The standard InChI is InChI=1S/C20H20ClN3O3S/c1-13-8-9-15(11-17(13)21)22-20(25)14-5-4-10-24(12-14)19-16-6-2-3-7-18(16)28(26,27)23-19/h2-3,6-9,11,14H,4-5,10,12H2,1H3,(H,22,25). The molecule has 1 saturated heterocycles. The number of carbonyl (C=O) groups is 1. The van der Waals surface area contributed by atoms with Crippen molar-refractivity contribution in [2.24, 2.45) is 10.3 Å². The van der Waals surface area contributed by atoms with Gasteiger partial charge in [-0.15, -0.1) is 4.40 Å². The van der Waals surface area contributed by atoms with E-state index in [0.717, 1.165) is 18.4 Å². The van der Waals surface area contributed by atoms with Crippen molar-refractivity contribution < 1.29 is 13.2 Å². The number of benzene rings is 2. The molecule has 1 fully saturated rings. The Morgan fingerprint density at radius 2 is 2.04 bits per heavy atom. The molecule has 4 rings (SSSR count). The first-order valence-corrected chi connectivity index (χ1v) is 10.9. The molecule has 0 radical (unpaired) electrons. The van der Waals surface area contributed by atoms with Gasteiger partial charge >= 0.3 is 0 Å². The van der Waals surface area contributed by atoms with E-state index in [0.29, 0.717) is 35.2 Å². The molecule has 2 aromatic carbocycles. The number of carbonyl (C=O) groups excluding carboxylic acids is 1. The zero-order valence-electron chi connectivity index (χ0n) is 15.4. The van der Waals surface area contributed by atoms with Gasteiger partial charge in [0.15, 0.2) is 5.84 Å². The number of aryl methyl sites for hydroxylation is 1. The van der Waals surface area contributed by atoms with E-state index in [1.165, 1.54) is 0 Å². The number of hydrogen-bond donors (Lipinski definition) is 1. The van der Waals surface area contributed by atoms with Crippen LogP contribution in [0.25, 0.3) is 0 Å². The number of halogens is 1. The normalized spacial score (nSPS) is 20.4. The number of sulfonamides is 1. The summed E-state index contributed by atoms with van der Waals surface area (Å²) < 4.78 is 28.6. The van der Waals surface area contributed by atoms with Crippen molar-refractivity contribution in [1.82, 2.24) is 4.90 Å². The van der Waals surface area contributed by atoms with Crippen LogP contribution in [-0.2, 0) is 14.8 Å². The number of anilines is 1. The third-order valence-corrected chi connectivity index (χ3v) is 6.88. The first-order valence-electron chi connectivity index (χ1n) is 9.11. The number of amides is 1. The first kappa shape index (κ1) is 19.0. The van der Waals surface area contributed by atoms with Crippen molar-refractivity contribution >= 4 is 39.1 Å². The van der Waals surface area contributed by atoms with Crippen LogP contribution in [0.5, 0.6) is 0 Å². The van der Waals surface area contributed by atoms with Gasteiger partial charge in [0.25, 0.3) is 10.0 Å². The topological polar surface area (TPSA) is 78.8 Å². The van der Waals surface area contributed by atoms with Crippen molar-refractivity contribution in [2.45, 2.75) is 24.7 Å². The molecule has 2 aromatic rings. The lowest BCUT2D eigenvalue weighted by molar-refractivity contribution is -0.121. The highest BCUT2D eigenvalue weighted by Crippen LogP contribution is 2.30. The molecule has 2 aliphatic heterocycles. The summed E-state index contributed by atoms with van der Waals surface area (Å²) in [5, 5.41) is 3.52. The molecule has 8 heteroatoms. The molecule has 2 heterocycles. The Morgan fingerprint density at radius 1 is 1.25 bits per heavy atom. The Bertz CT molecular complexity index is 1080. The Hall–Kier alpha value is -2.38. The largest absolute Gasteiger partial charge is 0.355 e. The van der Waals surface area contributed by atoms with Crippen LogP contribution in [0, 0.1) is 12.8 Å². The fourth-order valence-corrected chi connectivity index (χ4v) is 5.02. The van der Waals surface area contributed by atoms with Crippen LogP contribution in [0.3, 0.4) is 0 Å². The van der Waals surface area contributed by atoms with Crippen LogP contribution in [0.2, 0.25) is 5.02 Å². The third kappa shape index (κ3) is 3.52. The van der Waals surface area contributed by atoms with Gasteiger partial charge in [-0.3, -0.25) is 4.79 Å². The fourth-order valence-electron chi connectivity index (χ4n) is 3.62. The van der Waals surface area contributed by atoms with Gasteiger partial charge in [-0.25, -0.2) is 0 Å². The summed E-state index contributed by atoms with van der Waals surface area (Å²) in [5.41, 5.74) is 2.21. The molecule has 1 amide bonds. The van der Waals surface area contributed by atoms with E-state index in [-0.39, 0.29) is 16.7 Å². The summed E-state index contributed by atoms with van der Waals surface area (Å²) >= 11 is 6.13. The Morgan fingerprint density at radius 3 is 2.82 bits per heavy atom. The van der Waals surface area contributed by atoms with E-state index in [1.54, 1.807) is 30.3 Å². The number of amidine groups is 1. The molecule has 1 atom stereocenters. The smallest absolute Gasteiger partial charge is 0.285 e. The molecule has 28 heavy (non-hydrogen) atoms. The summed E-state index contributed by atoms with van der Waals surface area (Å²) in [7, 11) is -3.67. The predicted octanol–water partition coefficient (Wildman–Crippen LogP) is 3.45. The minimum Gasteiger partial charge on any atom is -0.355 e. The molecule has 0 aliphatic carbocycles. The molecular formula is C20H20ClN3O3S. The van der Waals surface area contributed by atoms with E-state index in [2.05, 4.69) is 9.71 Å². The number of hydrogen-bond acceptors (Lipinski definition) is 4. The predicted molar refractivity (Wildman–Crippen MR) is 109 cm³/mol. The van der Waals surface area contributed by atoms with Gasteiger partial charge in [0.1, 0.15) is 4.90 Å². The molecule has 0 aromatic heterocycles. The van der Waals surface area contributed by atoms with E-state index in [4.69, 9.17) is 11.6 Å². The van der Waals surface area contributed by atoms with Crippen molar-refractivity contribution in [3.8, 4) is 0 Å². The minimum absolute atomic E-state index is 0.0978. The Kier molecular flexibility index (Phi) is 4.89. The number of nitrogens with one attached hydrogen (secondary N) is 1. The highest BCUT2D eigenvalue weighted by molar-refractivity contribution is 7.90. The van der Waals surface area contributed by atoms with Crippen LogP contribution < -0.4 is 5.32 Å². The molecule has 6 nitrogen and oxygen atoms in total. The summed E-state index contributed by atoms with van der Waals surface area (Å²) in [6.45, 7) is 3.00. The SMILES string of the molecule is Cc1ccc(NC(=O)C2CCCN(C3=NS(=O)(=O)c4ccccc43)C2)cc1Cl. The van der Waals surface area contributed by atoms with E-state index >= 15 is 0 Å². The fraction of sp³-hybridized carbons (Fsp3) is 0.300. The molecule has 0 spiro atoms. The van der Waals surface area contributed by atoms with Gasteiger partial charge in [0.2, 0.25) is 5.91 Å². The maximum atomic E-state index is 12.8. The average molecular weight is 418 g/mol. The van der Waals surface area contributed by atoms with Gasteiger partial charge in [-0.05, 0) is 49.6 Å². The minimum atomic E-state index is -3.67. The molecule has 0 bridgehead atoms. The van der Waals surface area contributed by atoms with Crippen molar-refractivity contribution in [3.63, 3.8) is 0 Å². The van der Waals surface area contributed by atoms with Crippen molar-refractivity contribution in [3.05, 3.63) is 58.6 Å². The third-order valence-electron chi connectivity index (χ3n) is 5.14. The summed E-state index contributed by atoms with van der Waals surface area (Å²) in [6, 6.07) is 12.2. The summed E-state index contributed by atoms with van der Waals surface area (Å²) in [4.78, 5) is 14.9. The molecule has 0 saturated carbocycles. The van der Waals surface area contributed by atoms with Gasteiger partial charge in [0, 0.05) is 29.4 Å². The van der Waals surface area contributed by atoms with Gasteiger partial charge < -0.3 is 10.2 Å². The number of likely N-dealkylation sites (tertiary alicyclic amines) is 1. The second kappa shape index (κ2) is 7.22. The molecule has 2 aliphatic rings. The van der Waals surface area contributed by atoms with E-state index in [9.17, 15) is 13.2 Å². The number of nitrogens with zero attached hydrogens (tertiary/aromatic N) is 2. The van der Waals surface area contributed by atoms with Crippen LogP contribution in [0.1, 0.15) is 24.0 Å². The Labute approximate surface area is 169 Å². The monoisotopic (exact) mass is 417 g/mol. The molecule has 146 valence electrons. The van der Waals surface area contributed by atoms with Crippen LogP contribution >= 0.6 is 11.6 Å².